The highest BCUT2D eigenvalue weighted by Crippen LogP contribution is 2.29. The number of hydrogen-bond donors (Lipinski definition) is 2. The van der Waals surface area contributed by atoms with Crippen LogP contribution in [0.15, 0.2) is 17.1 Å². The Labute approximate surface area is 115 Å². The van der Waals surface area contributed by atoms with Crippen molar-refractivity contribution in [3.8, 4) is 5.75 Å². The molecule has 2 rings (SSSR count). The van der Waals surface area contributed by atoms with Crippen molar-refractivity contribution in [3.05, 3.63) is 29.1 Å². The molecule has 0 aromatic heterocycles. The Morgan fingerprint density at radius 1 is 1.41 bits per heavy atom. The van der Waals surface area contributed by atoms with Gasteiger partial charge in [-0.25, -0.2) is 9.38 Å². The molecule has 1 aromatic rings. The molecular weight excluding hydrogens is 340 g/mol. The van der Waals surface area contributed by atoms with E-state index in [-0.39, 0.29) is 49.1 Å². The molecule has 0 aliphatic carbocycles. The highest BCUT2D eigenvalue weighted by Gasteiger charge is 2.16. The maximum Gasteiger partial charge on any atom is 0.189 e. The van der Waals surface area contributed by atoms with Crippen molar-refractivity contribution < 1.29 is 13.9 Å². The molecule has 0 unspecified atom stereocenters. The van der Waals surface area contributed by atoms with Crippen molar-refractivity contribution in [2.24, 2.45) is 16.5 Å². The molecule has 4 N–H and O–H groups in total. The fraction of sp³-hybridized carbons (Fsp3) is 0.300. The highest BCUT2D eigenvalue weighted by molar-refractivity contribution is 14.0. The fourth-order valence-corrected chi connectivity index (χ4v) is 1.55. The first-order valence-electron chi connectivity index (χ1n) is 4.74. The van der Waals surface area contributed by atoms with E-state index >= 15 is 0 Å². The lowest BCUT2D eigenvalue weighted by molar-refractivity contribution is -0.0172. The summed E-state index contributed by atoms with van der Waals surface area (Å²) < 4.78 is 23.6. The number of aliphatic imine (C=N–C) groups is 1. The third-order valence-corrected chi connectivity index (χ3v) is 2.18. The standard InChI is InChI=1S/C10H12FN3O2.HI/c11-8-1-6(3-14-10(12)13)9-7(2-8)4-15-5-16-9;/h1-2H,3-5H2,(H4,12,13,14);1H. The molecule has 0 saturated heterocycles. The van der Waals surface area contributed by atoms with Crippen molar-refractivity contribution in [1.82, 2.24) is 0 Å². The Kier molecular flexibility index (Phi) is 4.94. The number of guanidine groups is 1. The lowest BCUT2D eigenvalue weighted by Crippen LogP contribution is -2.23. The first-order valence-corrected chi connectivity index (χ1v) is 4.74. The molecule has 0 fully saturated rings. The van der Waals surface area contributed by atoms with Gasteiger partial charge in [-0.05, 0) is 12.1 Å². The van der Waals surface area contributed by atoms with E-state index in [9.17, 15) is 4.39 Å². The van der Waals surface area contributed by atoms with Gasteiger partial charge in [-0.1, -0.05) is 0 Å². The first kappa shape index (κ1) is 14.0. The number of nitrogens with zero attached hydrogens (tertiary/aromatic N) is 1. The van der Waals surface area contributed by atoms with E-state index in [1.165, 1.54) is 12.1 Å². The van der Waals surface area contributed by atoms with Gasteiger partial charge in [0.05, 0.1) is 13.2 Å². The monoisotopic (exact) mass is 353 g/mol. The molecule has 1 aliphatic heterocycles. The topological polar surface area (TPSA) is 82.9 Å². The largest absolute Gasteiger partial charge is 0.467 e. The Morgan fingerprint density at radius 2 is 2.18 bits per heavy atom. The molecule has 5 nitrogen and oxygen atoms in total. The Balaban J connectivity index is 0.00000144. The predicted molar refractivity (Wildman–Crippen MR) is 71.6 cm³/mol. The summed E-state index contributed by atoms with van der Waals surface area (Å²) in [6, 6.07) is 2.74. The van der Waals surface area contributed by atoms with Crippen LogP contribution in [0.4, 0.5) is 4.39 Å². The van der Waals surface area contributed by atoms with Crippen LogP contribution >= 0.6 is 24.0 Å². The molecule has 0 radical (unpaired) electrons. The summed E-state index contributed by atoms with van der Waals surface area (Å²) in [4.78, 5) is 3.83. The third kappa shape index (κ3) is 3.43. The van der Waals surface area contributed by atoms with Crippen molar-refractivity contribution in [2.75, 3.05) is 6.79 Å². The molecule has 1 aromatic carbocycles. The Morgan fingerprint density at radius 3 is 2.88 bits per heavy atom. The number of halogens is 2. The smallest absolute Gasteiger partial charge is 0.189 e. The normalized spacial score (nSPS) is 13.0. The fourth-order valence-electron chi connectivity index (χ4n) is 1.55. The van der Waals surface area contributed by atoms with E-state index < -0.39 is 0 Å². The van der Waals surface area contributed by atoms with Crippen LogP contribution in [0, 0.1) is 5.82 Å². The minimum absolute atomic E-state index is 0. The van der Waals surface area contributed by atoms with Crippen LogP contribution in [0.3, 0.4) is 0 Å². The predicted octanol–water partition coefficient (Wildman–Crippen LogP) is 1.08. The number of ether oxygens (including phenoxy) is 2. The van der Waals surface area contributed by atoms with Crippen molar-refractivity contribution >= 4 is 29.9 Å². The lowest BCUT2D eigenvalue weighted by atomic mass is 10.1. The van der Waals surface area contributed by atoms with E-state index in [1.807, 2.05) is 0 Å². The molecular formula is C10H13FIN3O2. The van der Waals surface area contributed by atoms with Gasteiger partial charge in [0, 0.05) is 11.1 Å². The number of nitrogens with two attached hydrogens (primary N) is 2. The second-order valence-electron chi connectivity index (χ2n) is 3.40. The second-order valence-corrected chi connectivity index (χ2v) is 3.40. The number of benzene rings is 1. The SMILES string of the molecule is I.NC(N)=NCc1cc(F)cc2c1OCOC2. The van der Waals surface area contributed by atoms with Gasteiger partial charge in [0.15, 0.2) is 12.8 Å². The van der Waals surface area contributed by atoms with Gasteiger partial charge in [-0.2, -0.15) is 0 Å². The maximum absolute atomic E-state index is 13.3. The summed E-state index contributed by atoms with van der Waals surface area (Å²) in [5, 5.41) is 0. The van der Waals surface area contributed by atoms with Crippen LogP contribution in [0.5, 0.6) is 5.75 Å². The van der Waals surface area contributed by atoms with Gasteiger partial charge in [-0.3, -0.25) is 0 Å². The summed E-state index contributed by atoms with van der Waals surface area (Å²) in [5.41, 5.74) is 11.7. The molecule has 0 atom stereocenters. The zero-order valence-corrected chi connectivity index (χ0v) is 11.3. The molecule has 0 amide bonds. The van der Waals surface area contributed by atoms with Crippen molar-refractivity contribution in [3.63, 3.8) is 0 Å². The number of hydrogen-bond acceptors (Lipinski definition) is 3. The molecule has 0 saturated carbocycles. The van der Waals surface area contributed by atoms with E-state index in [0.717, 1.165) is 0 Å². The minimum Gasteiger partial charge on any atom is -0.467 e. The Bertz CT molecular complexity index is 436. The van der Waals surface area contributed by atoms with Gasteiger partial charge in [0.2, 0.25) is 0 Å². The second kappa shape index (κ2) is 6.01. The van der Waals surface area contributed by atoms with Gasteiger partial charge >= 0.3 is 0 Å². The zero-order valence-electron chi connectivity index (χ0n) is 8.98. The average Bonchev–Trinajstić information content (AvgIpc) is 2.25. The van der Waals surface area contributed by atoms with Crippen LogP contribution in [-0.2, 0) is 17.9 Å². The Hall–Kier alpha value is -1.09. The summed E-state index contributed by atoms with van der Waals surface area (Å²) in [7, 11) is 0. The summed E-state index contributed by atoms with van der Waals surface area (Å²) in [6.07, 6.45) is 0. The summed E-state index contributed by atoms with van der Waals surface area (Å²) in [6.45, 7) is 0.692. The van der Waals surface area contributed by atoms with Crippen LogP contribution in [0.2, 0.25) is 0 Å². The molecule has 94 valence electrons. The van der Waals surface area contributed by atoms with Gasteiger partial charge < -0.3 is 20.9 Å². The molecule has 0 bridgehead atoms. The van der Waals surface area contributed by atoms with E-state index in [4.69, 9.17) is 20.9 Å². The van der Waals surface area contributed by atoms with E-state index in [0.29, 0.717) is 23.5 Å². The summed E-state index contributed by atoms with van der Waals surface area (Å²) >= 11 is 0. The van der Waals surface area contributed by atoms with Gasteiger partial charge in [0.1, 0.15) is 11.6 Å². The maximum atomic E-state index is 13.3. The van der Waals surface area contributed by atoms with Crippen LogP contribution in [0.1, 0.15) is 11.1 Å². The summed E-state index contributed by atoms with van der Waals surface area (Å²) in [5.74, 6) is 0.219. The van der Waals surface area contributed by atoms with Crippen molar-refractivity contribution in [1.29, 1.82) is 0 Å². The van der Waals surface area contributed by atoms with Crippen LogP contribution in [-0.4, -0.2) is 12.8 Å². The zero-order chi connectivity index (χ0) is 11.5. The van der Waals surface area contributed by atoms with E-state index in [2.05, 4.69) is 4.99 Å². The highest BCUT2D eigenvalue weighted by atomic mass is 127. The molecule has 1 heterocycles. The van der Waals surface area contributed by atoms with Gasteiger partial charge in [0.25, 0.3) is 0 Å². The number of fused-ring (bicyclic) bond motifs is 1. The van der Waals surface area contributed by atoms with E-state index in [1.54, 1.807) is 0 Å². The molecule has 17 heavy (non-hydrogen) atoms. The lowest BCUT2D eigenvalue weighted by Gasteiger charge is -2.20. The molecule has 1 aliphatic rings. The van der Waals surface area contributed by atoms with Crippen LogP contribution in [0.25, 0.3) is 0 Å². The van der Waals surface area contributed by atoms with Crippen LogP contribution < -0.4 is 16.2 Å². The molecule has 0 spiro atoms. The number of rotatable bonds is 2. The van der Waals surface area contributed by atoms with Gasteiger partial charge in [-0.15, -0.1) is 24.0 Å². The molecule has 7 heteroatoms. The third-order valence-electron chi connectivity index (χ3n) is 2.18. The minimum atomic E-state index is -0.353. The quantitative estimate of drug-likeness (QED) is 0.474. The van der Waals surface area contributed by atoms with Crippen molar-refractivity contribution in [2.45, 2.75) is 13.2 Å². The average molecular weight is 353 g/mol. The first-order chi connectivity index (χ1) is 7.66.